The van der Waals surface area contributed by atoms with E-state index >= 15 is 0 Å². The van der Waals surface area contributed by atoms with Crippen LogP contribution < -0.4 is 4.74 Å². The Morgan fingerprint density at radius 3 is 2.54 bits per heavy atom. The van der Waals surface area contributed by atoms with Crippen LogP contribution in [0.2, 0.25) is 5.02 Å². The molecule has 0 spiro atoms. The molecule has 5 rings (SSSR count). The lowest BCUT2D eigenvalue weighted by molar-refractivity contribution is 0.416. The fraction of sp³-hybridized carbons (Fsp3) is 0.0690. The molecule has 1 heterocycles. The summed E-state index contributed by atoms with van der Waals surface area (Å²) in [5, 5.41) is 1.50. The molecule has 6 heteroatoms. The van der Waals surface area contributed by atoms with Crippen LogP contribution in [0.1, 0.15) is 5.56 Å². The smallest absolute Gasteiger partial charge is 0.127 e. The first-order valence-electron chi connectivity index (χ1n) is 10.9. The lowest BCUT2D eigenvalue weighted by atomic mass is 9.96. The van der Waals surface area contributed by atoms with Gasteiger partial charge < -0.3 is 4.74 Å². The van der Waals surface area contributed by atoms with Gasteiger partial charge in [0.1, 0.15) is 11.6 Å². The molecule has 0 saturated heterocycles. The van der Waals surface area contributed by atoms with Crippen LogP contribution in [-0.2, 0) is 5.75 Å². The molecule has 0 unspecified atom stereocenters. The number of methoxy groups -OCH3 is 1. The molecule has 35 heavy (non-hydrogen) atoms. The molecule has 0 aliphatic carbocycles. The molecule has 1 aromatic heterocycles. The van der Waals surface area contributed by atoms with Crippen LogP contribution in [-0.4, -0.2) is 12.1 Å². The van der Waals surface area contributed by atoms with Crippen molar-refractivity contribution in [2.75, 3.05) is 7.11 Å². The maximum atomic E-state index is 13.8. The SMILES string of the molecule is COc1cc(-c2cccc(F)c2)c(Cl)cc1-c1c(Br)cnc2cc(SCc3ccccc3)ccc12. The van der Waals surface area contributed by atoms with Gasteiger partial charge in [0.25, 0.3) is 0 Å². The Morgan fingerprint density at radius 2 is 1.77 bits per heavy atom. The molecule has 0 saturated carbocycles. The molecular weight excluding hydrogens is 545 g/mol. The van der Waals surface area contributed by atoms with E-state index in [9.17, 15) is 4.39 Å². The molecule has 0 aliphatic rings. The van der Waals surface area contributed by atoms with E-state index in [-0.39, 0.29) is 5.82 Å². The highest BCUT2D eigenvalue weighted by molar-refractivity contribution is 9.10. The molecule has 5 aromatic rings. The van der Waals surface area contributed by atoms with Gasteiger partial charge in [-0.05, 0) is 63.5 Å². The largest absolute Gasteiger partial charge is 0.496 e. The third-order valence-corrected chi connectivity index (χ3v) is 7.72. The monoisotopic (exact) mass is 563 g/mol. The van der Waals surface area contributed by atoms with Crippen molar-refractivity contribution < 1.29 is 9.13 Å². The summed E-state index contributed by atoms with van der Waals surface area (Å²) in [7, 11) is 1.62. The minimum absolute atomic E-state index is 0.314. The Labute approximate surface area is 221 Å². The number of pyridine rings is 1. The van der Waals surface area contributed by atoms with Crippen LogP contribution in [0.25, 0.3) is 33.2 Å². The molecule has 0 atom stereocenters. The van der Waals surface area contributed by atoms with E-state index in [2.05, 4.69) is 63.4 Å². The summed E-state index contributed by atoms with van der Waals surface area (Å²) in [4.78, 5) is 5.81. The predicted octanol–water partition coefficient (Wildman–Crippen LogP) is 9.42. The maximum absolute atomic E-state index is 13.8. The van der Waals surface area contributed by atoms with Crippen molar-refractivity contribution in [3.05, 3.63) is 112 Å². The van der Waals surface area contributed by atoms with Crippen LogP contribution in [0.4, 0.5) is 4.39 Å². The number of ether oxygens (including phenoxy) is 1. The van der Waals surface area contributed by atoms with Crippen LogP contribution in [0.5, 0.6) is 5.75 Å². The number of hydrogen-bond donors (Lipinski definition) is 0. The van der Waals surface area contributed by atoms with Crippen LogP contribution in [0.3, 0.4) is 0 Å². The van der Waals surface area contributed by atoms with Crippen molar-refractivity contribution in [2.45, 2.75) is 10.6 Å². The number of thioether (sulfide) groups is 1. The molecule has 0 aliphatic heterocycles. The van der Waals surface area contributed by atoms with E-state index in [1.165, 1.54) is 17.7 Å². The molecule has 4 aromatic carbocycles. The number of rotatable bonds is 6. The van der Waals surface area contributed by atoms with E-state index in [0.29, 0.717) is 21.9 Å². The third-order valence-electron chi connectivity index (χ3n) is 5.74. The average molecular weight is 565 g/mol. The van der Waals surface area contributed by atoms with Gasteiger partial charge in [0, 0.05) is 48.4 Å². The van der Waals surface area contributed by atoms with E-state index < -0.39 is 0 Å². The first-order valence-corrected chi connectivity index (χ1v) is 13.1. The molecular formula is C29H20BrClFNOS. The first kappa shape index (κ1) is 23.9. The van der Waals surface area contributed by atoms with Crippen LogP contribution in [0.15, 0.2) is 100 Å². The highest BCUT2D eigenvalue weighted by Gasteiger charge is 2.18. The molecule has 0 amide bonds. The minimum atomic E-state index is -0.314. The highest BCUT2D eigenvalue weighted by Crippen LogP contribution is 2.44. The number of hydrogen-bond acceptors (Lipinski definition) is 3. The second kappa shape index (κ2) is 10.4. The van der Waals surface area contributed by atoms with Crippen LogP contribution >= 0.6 is 39.3 Å². The maximum Gasteiger partial charge on any atom is 0.127 e. The molecule has 0 bridgehead atoms. The van der Waals surface area contributed by atoms with E-state index in [1.807, 2.05) is 24.3 Å². The minimum Gasteiger partial charge on any atom is -0.496 e. The zero-order valence-electron chi connectivity index (χ0n) is 18.8. The summed E-state index contributed by atoms with van der Waals surface area (Å²) >= 11 is 12.2. The highest BCUT2D eigenvalue weighted by atomic mass is 79.9. The topological polar surface area (TPSA) is 22.1 Å². The van der Waals surface area contributed by atoms with Gasteiger partial charge in [-0.25, -0.2) is 4.39 Å². The summed E-state index contributed by atoms with van der Waals surface area (Å²) in [5.41, 5.74) is 5.34. The zero-order valence-corrected chi connectivity index (χ0v) is 21.9. The molecule has 0 fully saturated rings. The first-order chi connectivity index (χ1) is 17.0. The van der Waals surface area contributed by atoms with Gasteiger partial charge in [0.15, 0.2) is 0 Å². The fourth-order valence-corrected chi connectivity index (χ4v) is 5.74. The summed E-state index contributed by atoms with van der Waals surface area (Å²) in [5.74, 6) is 1.22. The van der Waals surface area contributed by atoms with Gasteiger partial charge >= 0.3 is 0 Å². The van der Waals surface area contributed by atoms with Crippen LogP contribution in [0, 0.1) is 5.82 Å². The standard InChI is InChI=1S/C29H20BrClFNOS/c1-34-28-15-23(19-8-5-9-20(32)12-19)26(31)14-24(28)29-22-11-10-21(13-27(22)33-16-25(29)30)35-17-18-6-3-2-4-7-18/h2-16H,17H2,1H3. The molecule has 0 radical (unpaired) electrons. The van der Waals surface area contributed by atoms with E-state index in [0.717, 1.165) is 37.2 Å². The summed E-state index contributed by atoms with van der Waals surface area (Å²) in [6, 6.07) is 26.8. The summed E-state index contributed by atoms with van der Waals surface area (Å²) in [6.45, 7) is 0. The summed E-state index contributed by atoms with van der Waals surface area (Å²) in [6.07, 6.45) is 1.80. The Kier molecular flexibility index (Phi) is 7.09. The van der Waals surface area contributed by atoms with Crippen molar-refractivity contribution in [1.82, 2.24) is 4.98 Å². The number of nitrogens with zero attached hydrogens (tertiary/aromatic N) is 1. The van der Waals surface area contributed by atoms with Gasteiger partial charge in [-0.15, -0.1) is 11.8 Å². The number of fused-ring (bicyclic) bond motifs is 1. The Balaban J connectivity index is 1.57. The molecule has 0 N–H and O–H groups in total. The van der Waals surface area contributed by atoms with Gasteiger partial charge in [-0.3, -0.25) is 4.98 Å². The average Bonchev–Trinajstić information content (AvgIpc) is 2.88. The van der Waals surface area contributed by atoms with Gasteiger partial charge in [0.2, 0.25) is 0 Å². The lowest BCUT2D eigenvalue weighted by Crippen LogP contribution is -1.94. The van der Waals surface area contributed by atoms with Crippen molar-refractivity contribution in [1.29, 1.82) is 0 Å². The normalized spacial score (nSPS) is 11.1. The van der Waals surface area contributed by atoms with Gasteiger partial charge in [-0.1, -0.05) is 60.1 Å². The molecule has 2 nitrogen and oxygen atoms in total. The Bertz CT molecular complexity index is 1530. The fourth-order valence-electron chi connectivity index (χ4n) is 4.05. The van der Waals surface area contributed by atoms with E-state index in [4.69, 9.17) is 16.3 Å². The predicted molar refractivity (Wildman–Crippen MR) is 148 cm³/mol. The van der Waals surface area contributed by atoms with E-state index in [1.54, 1.807) is 31.1 Å². The van der Waals surface area contributed by atoms with Gasteiger partial charge in [0.05, 0.1) is 12.6 Å². The van der Waals surface area contributed by atoms with Crippen molar-refractivity contribution >= 4 is 50.2 Å². The Morgan fingerprint density at radius 1 is 0.943 bits per heavy atom. The second-order valence-electron chi connectivity index (χ2n) is 7.98. The lowest BCUT2D eigenvalue weighted by Gasteiger charge is -2.16. The Hall–Kier alpha value is -2.86. The summed E-state index contributed by atoms with van der Waals surface area (Å²) < 4.78 is 20.4. The number of aromatic nitrogens is 1. The quantitative estimate of drug-likeness (QED) is 0.192. The zero-order chi connectivity index (χ0) is 24.4. The number of benzene rings is 4. The molecule has 174 valence electrons. The second-order valence-corrected chi connectivity index (χ2v) is 10.3. The van der Waals surface area contributed by atoms with Crippen molar-refractivity contribution in [3.8, 4) is 28.0 Å². The van der Waals surface area contributed by atoms with Crippen molar-refractivity contribution in [3.63, 3.8) is 0 Å². The number of halogens is 3. The van der Waals surface area contributed by atoms with Crippen molar-refractivity contribution in [2.24, 2.45) is 0 Å². The van der Waals surface area contributed by atoms with Gasteiger partial charge in [-0.2, -0.15) is 0 Å². The third kappa shape index (κ3) is 5.08.